The molecule has 0 atom stereocenters. The van der Waals surface area contributed by atoms with E-state index in [1.54, 1.807) is 6.92 Å². The molecule has 3 aromatic rings. The molecule has 2 aromatic carbocycles. The monoisotopic (exact) mass is 360 g/mol. The van der Waals surface area contributed by atoms with Gasteiger partial charge in [0.1, 0.15) is 5.76 Å². The fourth-order valence-corrected chi connectivity index (χ4v) is 2.46. The third kappa shape index (κ3) is 3.61. The zero-order valence-corrected chi connectivity index (χ0v) is 13.9. The van der Waals surface area contributed by atoms with Crippen LogP contribution in [-0.4, -0.2) is 17.4 Å². The highest BCUT2D eigenvalue weighted by molar-refractivity contribution is 5.94. The summed E-state index contributed by atoms with van der Waals surface area (Å²) >= 11 is 0. The number of oxazole rings is 1. The van der Waals surface area contributed by atoms with Crippen LogP contribution in [0.15, 0.2) is 46.9 Å². The van der Waals surface area contributed by atoms with Crippen LogP contribution >= 0.6 is 0 Å². The van der Waals surface area contributed by atoms with Gasteiger partial charge in [-0.05, 0) is 31.2 Å². The highest BCUT2D eigenvalue weighted by Gasteiger charge is 2.19. The Kier molecular flexibility index (Phi) is 5.06. The number of hydrogen-bond acceptors (Lipinski definition) is 3. The maximum atomic E-state index is 13.6. The molecule has 0 saturated carbocycles. The van der Waals surface area contributed by atoms with Gasteiger partial charge >= 0.3 is 0 Å². The third-order valence-corrected chi connectivity index (χ3v) is 3.84. The summed E-state index contributed by atoms with van der Waals surface area (Å²) in [5.74, 6) is -4.27. The number of carbonyl (C=O) groups is 1. The summed E-state index contributed by atoms with van der Waals surface area (Å²) in [6.45, 7) is 1.89. The minimum atomic E-state index is -1.67. The molecule has 134 valence electrons. The minimum absolute atomic E-state index is 0.138. The van der Waals surface area contributed by atoms with Crippen molar-refractivity contribution in [3.63, 3.8) is 0 Å². The van der Waals surface area contributed by atoms with Crippen LogP contribution in [0, 0.1) is 24.4 Å². The predicted molar refractivity (Wildman–Crippen MR) is 89.0 cm³/mol. The SMILES string of the molecule is Cc1oc(-c2ccccc2)nc1CCNC(=O)c1ccc(F)c(F)c1F. The van der Waals surface area contributed by atoms with Crippen molar-refractivity contribution in [2.75, 3.05) is 6.54 Å². The number of amides is 1. The first kappa shape index (κ1) is 17.7. The number of aromatic nitrogens is 1. The number of aryl methyl sites for hydroxylation is 1. The molecule has 0 saturated heterocycles. The van der Waals surface area contributed by atoms with Crippen LogP contribution in [0.4, 0.5) is 13.2 Å². The van der Waals surface area contributed by atoms with Crippen LogP contribution in [0.25, 0.3) is 11.5 Å². The zero-order valence-electron chi connectivity index (χ0n) is 13.9. The molecular formula is C19H15F3N2O2. The number of carbonyl (C=O) groups excluding carboxylic acids is 1. The summed E-state index contributed by atoms with van der Waals surface area (Å²) in [6, 6.07) is 11.0. The first-order chi connectivity index (χ1) is 12.5. The summed E-state index contributed by atoms with van der Waals surface area (Å²) in [6.07, 6.45) is 0.346. The van der Waals surface area contributed by atoms with Crippen molar-refractivity contribution in [1.82, 2.24) is 10.3 Å². The van der Waals surface area contributed by atoms with E-state index in [2.05, 4.69) is 10.3 Å². The normalized spacial score (nSPS) is 10.8. The molecule has 0 bridgehead atoms. The summed E-state index contributed by atoms with van der Waals surface area (Å²) < 4.78 is 45.4. The molecule has 0 radical (unpaired) electrons. The lowest BCUT2D eigenvalue weighted by atomic mass is 10.1. The lowest BCUT2D eigenvalue weighted by molar-refractivity contribution is 0.0948. The van der Waals surface area contributed by atoms with E-state index in [-0.39, 0.29) is 6.54 Å². The summed E-state index contributed by atoms with van der Waals surface area (Å²) in [4.78, 5) is 16.3. The van der Waals surface area contributed by atoms with Gasteiger partial charge in [0.15, 0.2) is 17.5 Å². The summed E-state index contributed by atoms with van der Waals surface area (Å²) in [5, 5.41) is 2.46. The fourth-order valence-electron chi connectivity index (χ4n) is 2.46. The lowest BCUT2D eigenvalue weighted by Gasteiger charge is -2.06. The Labute approximate surface area is 147 Å². The van der Waals surface area contributed by atoms with Crippen LogP contribution in [0.3, 0.4) is 0 Å². The van der Waals surface area contributed by atoms with Crippen LogP contribution < -0.4 is 5.32 Å². The molecule has 3 rings (SSSR count). The van der Waals surface area contributed by atoms with Crippen molar-refractivity contribution in [2.45, 2.75) is 13.3 Å². The second kappa shape index (κ2) is 7.43. The lowest BCUT2D eigenvalue weighted by Crippen LogP contribution is -2.27. The molecule has 4 nitrogen and oxygen atoms in total. The molecule has 1 N–H and O–H groups in total. The molecule has 0 aliphatic heterocycles. The second-order valence-electron chi connectivity index (χ2n) is 5.62. The largest absolute Gasteiger partial charge is 0.441 e. The highest BCUT2D eigenvalue weighted by Crippen LogP contribution is 2.21. The average Bonchev–Trinajstić information content (AvgIpc) is 3.01. The Bertz CT molecular complexity index is 939. The maximum Gasteiger partial charge on any atom is 0.254 e. The first-order valence-corrected chi connectivity index (χ1v) is 7.91. The van der Waals surface area contributed by atoms with Crippen molar-refractivity contribution in [3.8, 4) is 11.5 Å². The Morgan fingerprint density at radius 3 is 2.54 bits per heavy atom. The van der Waals surface area contributed by atoms with Crippen LogP contribution in [-0.2, 0) is 6.42 Å². The van der Waals surface area contributed by atoms with Crippen LogP contribution in [0.1, 0.15) is 21.8 Å². The van der Waals surface area contributed by atoms with Gasteiger partial charge in [-0.3, -0.25) is 4.79 Å². The van der Waals surface area contributed by atoms with Gasteiger partial charge in [-0.25, -0.2) is 18.2 Å². The standard InChI is InChI=1S/C19H15F3N2O2/c1-11-15(24-19(26-11)12-5-3-2-4-6-12)9-10-23-18(25)13-7-8-14(20)17(22)16(13)21/h2-8H,9-10H2,1H3,(H,23,25). The van der Waals surface area contributed by atoms with Crippen molar-refractivity contribution in [2.24, 2.45) is 0 Å². The van der Waals surface area contributed by atoms with Crippen LogP contribution in [0.5, 0.6) is 0 Å². The molecule has 1 amide bonds. The predicted octanol–water partition coefficient (Wildman–Crippen LogP) is 4.04. The number of halogens is 3. The smallest absolute Gasteiger partial charge is 0.254 e. The number of nitrogens with one attached hydrogen (secondary N) is 1. The summed E-state index contributed by atoms with van der Waals surface area (Å²) in [5.41, 5.74) is 0.926. The van der Waals surface area contributed by atoms with E-state index in [9.17, 15) is 18.0 Å². The second-order valence-corrected chi connectivity index (χ2v) is 5.62. The van der Waals surface area contributed by atoms with Gasteiger partial charge in [-0.2, -0.15) is 0 Å². The zero-order chi connectivity index (χ0) is 18.7. The molecule has 26 heavy (non-hydrogen) atoms. The van der Waals surface area contributed by atoms with E-state index < -0.39 is 28.9 Å². The number of benzene rings is 2. The molecule has 0 spiro atoms. The van der Waals surface area contributed by atoms with E-state index in [0.717, 1.165) is 11.6 Å². The molecule has 0 fully saturated rings. The summed E-state index contributed by atoms with van der Waals surface area (Å²) in [7, 11) is 0. The van der Waals surface area contributed by atoms with Crippen molar-refractivity contribution in [3.05, 3.63) is 76.9 Å². The Morgan fingerprint density at radius 1 is 1.08 bits per heavy atom. The Hall–Kier alpha value is -3.09. The molecule has 1 heterocycles. The minimum Gasteiger partial charge on any atom is -0.441 e. The fraction of sp³-hybridized carbons (Fsp3) is 0.158. The topological polar surface area (TPSA) is 55.1 Å². The quantitative estimate of drug-likeness (QED) is 0.699. The van der Waals surface area contributed by atoms with Gasteiger partial charge in [0, 0.05) is 18.5 Å². The van der Waals surface area contributed by atoms with Gasteiger partial charge in [0.2, 0.25) is 5.89 Å². The Balaban J connectivity index is 1.64. The molecule has 0 unspecified atom stereocenters. The highest BCUT2D eigenvalue weighted by atomic mass is 19.2. The van der Waals surface area contributed by atoms with E-state index in [1.165, 1.54) is 0 Å². The number of nitrogens with zero attached hydrogens (tertiary/aromatic N) is 1. The number of hydrogen-bond donors (Lipinski definition) is 1. The van der Waals surface area contributed by atoms with Gasteiger partial charge in [0.05, 0.1) is 11.3 Å². The van der Waals surface area contributed by atoms with Gasteiger partial charge in [-0.1, -0.05) is 18.2 Å². The molecule has 0 aliphatic carbocycles. The molecule has 0 aliphatic rings. The van der Waals surface area contributed by atoms with E-state index in [4.69, 9.17) is 4.42 Å². The van der Waals surface area contributed by atoms with Gasteiger partial charge < -0.3 is 9.73 Å². The maximum absolute atomic E-state index is 13.6. The van der Waals surface area contributed by atoms with E-state index in [0.29, 0.717) is 29.8 Å². The van der Waals surface area contributed by atoms with Crippen LogP contribution in [0.2, 0.25) is 0 Å². The van der Waals surface area contributed by atoms with Crippen molar-refractivity contribution >= 4 is 5.91 Å². The van der Waals surface area contributed by atoms with E-state index >= 15 is 0 Å². The Morgan fingerprint density at radius 2 is 1.81 bits per heavy atom. The van der Waals surface area contributed by atoms with Gasteiger partial charge in [0.25, 0.3) is 5.91 Å². The van der Waals surface area contributed by atoms with Gasteiger partial charge in [-0.15, -0.1) is 0 Å². The third-order valence-electron chi connectivity index (χ3n) is 3.84. The van der Waals surface area contributed by atoms with E-state index in [1.807, 2.05) is 30.3 Å². The van der Waals surface area contributed by atoms with Crippen molar-refractivity contribution < 1.29 is 22.4 Å². The average molecular weight is 360 g/mol. The van der Waals surface area contributed by atoms with Crippen molar-refractivity contribution in [1.29, 1.82) is 0 Å². The first-order valence-electron chi connectivity index (χ1n) is 7.91. The number of rotatable bonds is 5. The molecular weight excluding hydrogens is 345 g/mol. The molecule has 1 aromatic heterocycles. The molecule has 7 heteroatoms.